The van der Waals surface area contributed by atoms with Gasteiger partial charge >= 0.3 is 0 Å². The van der Waals surface area contributed by atoms with Gasteiger partial charge in [0.2, 0.25) is 5.69 Å². The molecule has 6 aromatic carbocycles. The summed E-state index contributed by atoms with van der Waals surface area (Å²) in [6, 6.07) is 48.8. The van der Waals surface area contributed by atoms with Crippen LogP contribution in [0.15, 0.2) is 140 Å². The third-order valence-electron chi connectivity index (χ3n) is 7.96. The Morgan fingerprint density at radius 2 is 0.875 bits per heavy atom. The molecule has 0 atom stereocenters. The van der Waals surface area contributed by atoms with Gasteiger partial charge in [-0.15, -0.1) is 0 Å². The summed E-state index contributed by atoms with van der Waals surface area (Å²) < 4.78 is 4.59. The molecule has 0 aliphatic carbocycles. The summed E-state index contributed by atoms with van der Waals surface area (Å²) in [6.45, 7) is 8.05. The summed E-state index contributed by atoms with van der Waals surface area (Å²) in [7, 11) is 0. The Morgan fingerprint density at radius 3 is 1.35 bits per heavy atom. The van der Waals surface area contributed by atoms with Crippen LogP contribution in [0.2, 0.25) is 0 Å². The lowest BCUT2D eigenvalue weighted by Crippen LogP contribution is -1.98. The Morgan fingerprint density at radius 1 is 0.425 bits per heavy atom. The molecule has 0 unspecified atom stereocenters. The highest BCUT2D eigenvalue weighted by atomic mass is 15.0. The molecule has 0 saturated heterocycles. The summed E-state index contributed by atoms with van der Waals surface area (Å²) in [4.78, 5) is 3.98. The second kappa shape index (κ2) is 8.73. The van der Waals surface area contributed by atoms with Crippen molar-refractivity contribution in [1.82, 2.24) is 9.13 Å². The molecular weight excluding hydrogens is 486 g/mol. The van der Waals surface area contributed by atoms with E-state index in [4.69, 9.17) is 6.57 Å². The van der Waals surface area contributed by atoms with Crippen LogP contribution in [0.5, 0.6) is 0 Å². The minimum Gasteiger partial charge on any atom is -0.318 e. The molecule has 0 aliphatic rings. The van der Waals surface area contributed by atoms with Gasteiger partial charge in [-0.3, -0.25) is 0 Å². The zero-order valence-corrected chi connectivity index (χ0v) is 21.6. The van der Waals surface area contributed by atoms with Crippen LogP contribution in [0.25, 0.3) is 71.0 Å². The van der Waals surface area contributed by atoms with Gasteiger partial charge in [-0.2, -0.15) is 0 Å². The van der Waals surface area contributed by atoms with Crippen molar-refractivity contribution < 1.29 is 0 Å². The zero-order chi connectivity index (χ0) is 26.6. The first kappa shape index (κ1) is 22.4. The van der Waals surface area contributed by atoms with Crippen molar-refractivity contribution in [2.24, 2.45) is 0 Å². The molecule has 8 rings (SSSR count). The lowest BCUT2D eigenvalue weighted by atomic mass is 10.0. The van der Waals surface area contributed by atoms with Crippen molar-refractivity contribution in [3.05, 3.63) is 151 Å². The Labute approximate surface area is 231 Å². The summed E-state index contributed by atoms with van der Waals surface area (Å²) in [5.41, 5.74) is 9.36. The summed E-state index contributed by atoms with van der Waals surface area (Å²) in [5, 5.41) is 4.87. The number of benzene rings is 6. The van der Waals surface area contributed by atoms with Gasteiger partial charge in [0.1, 0.15) is 0 Å². The molecule has 3 nitrogen and oxygen atoms in total. The number of hydrogen-bond donors (Lipinski definition) is 0. The highest BCUT2D eigenvalue weighted by molar-refractivity contribution is 6.11. The van der Waals surface area contributed by atoms with Gasteiger partial charge < -0.3 is 9.13 Å². The molecule has 186 valence electrons. The van der Waals surface area contributed by atoms with Crippen LogP contribution < -0.4 is 0 Å². The van der Waals surface area contributed by atoms with E-state index in [1.54, 1.807) is 0 Å². The summed E-state index contributed by atoms with van der Waals surface area (Å²) in [5.74, 6) is 0. The first-order valence-electron chi connectivity index (χ1n) is 13.4. The Kier molecular flexibility index (Phi) is 4.89. The molecular formula is C37H23N3. The van der Waals surface area contributed by atoms with Gasteiger partial charge in [-0.25, -0.2) is 4.85 Å². The number of nitrogens with zero attached hydrogens (tertiary/aromatic N) is 3. The lowest BCUT2D eigenvalue weighted by molar-refractivity contribution is 1.17. The minimum atomic E-state index is 0.635. The zero-order valence-electron chi connectivity index (χ0n) is 21.6. The monoisotopic (exact) mass is 509 g/mol. The molecule has 8 aromatic rings. The van der Waals surface area contributed by atoms with Crippen LogP contribution in [0.1, 0.15) is 0 Å². The Hall–Kier alpha value is -5.59. The molecule has 3 heteroatoms. The molecule has 0 fully saturated rings. The fourth-order valence-electron chi connectivity index (χ4n) is 6.24. The maximum absolute atomic E-state index is 8.05. The molecule has 0 saturated carbocycles. The predicted molar refractivity (Wildman–Crippen MR) is 167 cm³/mol. The molecule has 40 heavy (non-hydrogen) atoms. The normalized spacial score (nSPS) is 11.5. The SMILES string of the molecule is [C-]#[N+]c1cccc(-c2ccc(-n3c4ccccc4c4ccccc43)cc2)c1-n1c2ccccc2c2ccccc21. The quantitative estimate of drug-likeness (QED) is 0.210. The van der Waals surface area contributed by atoms with Gasteiger partial charge in [0.05, 0.1) is 34.3 Å². The predicted octanol–water partition coefficient (Wildman–Crippen LogP) is 10.1. The van der Waals surface area contributed by atoms with E-state index in [-0.39, 0.29) is 0 Å². The van der Waals surface area contributed by atoms with Crippen LogP contribution in [0, 0.1) is 6.57 Å². The van der Waals surface area contributed by atoms with E-state index < -0.39 is 0 Å². The summed E-state index contributed by atoms with van der Waals surface area (Å²) in [6.07, 6.45) is 0. The minimum absolute atomic E-state index is 0.635. The smallest absolute Gasteiger partial charge is 0.211 e. The first-order valence-corrected chi connectivity index (χ1v) is 13.4. The largest absolute Gasteiger partial charge is 0.318 e. The Balaban J connectivity index is 1.36. The average molecular weight is 510 g/mol. The molecule has 0 amide bonds. The van der Waals surface area contributed by atoms with Crippen LogP contribution in [0.3, 0.4) is 0 Å². The number of para-hydroxylation sites is 5. The fraction of sp³-hybridized carbons (Fsp3) is 0. The highest BCUT2D eigenvalue weighted by Gasteiger charge is 2.19. The van der Waals surface area contributed by atoms with Crippen molar-refractivity contribution in [3.63, 3.8) is 0 Å². The van der Waals surface area contributed by atoms with Crippen LogP contribution in [0.4, 0.5) is 5.69 Å². The van der Waals surface area contributed by atoms with Crippen molar-refractivity contribution in [2.45, 2.75) is 0 Å². The van der Waals surface area contributed by atoms with E-state index in [2.05, 4.69) is 141 Å². The van der Waals surface area contributed by atoms with E-state index >= 15 is 0 Å². The van der Waals surface area contributed by atoms with Crippen molar-refractivity contribution >= 4 is 49.3 Å². The molecule has 0 spiro atoms. The van der Waals surface area contributed by atoms with E-state index in [9.17, 15) is 0 Å². The highest BCUT2D eigenvalue weighted by Crippen LogP contribution is 2.41. The van der Waals surface area contributed by atoms with Gasteiger partial charge in [0.15, 0.2) is 0 Å². The van der Waals surface area contributed by atoms with Crippen molar-refractivity contribution in [2.75, 3.05) is 0 Å². The number of aromatic nitrogens is 2. The van der Waals surface area contributed by atoms with Gasteiger partial charge in [0.25, 0.3) is 0 Å². The van der Waals surface area contributed by atoms with Crippen molar-refractivity contribution in [1.29, 1.82) is 0 Å². The second-order valence-electron chi connectivity index (χ2n) is 10.1. The molecule has 0 aliphatic heterocycles. The summed E-state index contributed by atoms with van der Waals surface area (Å²) >= 11 is 0. The number of rotatable bonds is 3. The second-order valence-corrected chi connectivity index (χ2v) is 10.1. The molecule has 0 bridgehead atoms. The average Bonchev–Trinajstić information content (AvgIpc) is 3.54. The first-order chi connectivity index (χ1) is 19.8. The maximum atomic E-state index is 8.05. The van der Waals surface area contributed by atoms with E-state index in [1.807, 2.05) is 12.1 Å². The van der Waals surface area contributed by atoms with E-state index in [0.29, 0.717) is 5.69 Å². The maximum Gasteiger partial charge on any atom is 0.211 e. The molecule has 0 radical (unpaired) electrons. The van der Waals surface area contributed by atoms with Crippen LogP contribution >= 0.6 is 0 Å². The lowest BCUT2D eigenvalue weighted by Gasteiger charge is -2.17. The molecule has 0 N–H and O–H groups in total. The standard InChI is InChI=1S/C37H23N3/c1-38-32-16-10-15-27(37(32)40-35-19-8-4-13-30(35)31-14-5-9-20-36(31)40)25-21-23-26(24-22-25)39-33-17-6-2-11-28(33)29-12-3-7-18-34(29)39/h2-24H. The van der Waals surface area contributed by atoms with Crippen LogP contribution in [-0.4, -0.2) is 9.13 Å². The topological polar surface area (TPSA) is 14.2 Å². The van der Waals surface area contributed by atoms with Crippen LogP contribution in [-0.2, 0) is 0 Å². The van der Waals surface area contributed by atoms with Crippen molar-refractivity contribution in [3.8, 4) is 22.5 Å². The molecule has 2 aromatic heterocycles. The third kappa shape index (κ3) is 3.17. The van der Waals surface area contributed by atoms with Gasteiger partial charge in [-0.05, 0) is 47.5 Å². The molecule has 2 heterocycles. The van der Waals surface area contributed by atoms with Gasteiger partial charge in [-0.1, -0.05) is 103 Å². The van der Waals surface area contributed by atoms with Gasteiger partial charge in [0, 0.05) is 27.2 Å². The number of hydrogen-bond acceptors (Lipinski definition) is 0. The number of fused-ring (bicyclic) bond motifs is 6. The third-order valence-corrected chi connectivity index (χ3v) is 7.96. The van der Waals surface area contributed by atoms with E-state index in [1.165, 1.54) is 32.6 Å². The fourth-order valence-corrected chi connectivity index (χ4v) is 6.24. The Bertz CT molecular complexity index is 2170. The van der Waals surface area contributed by atoms with E-state index in [0.717, 1.165) is 33.5 Å².